The number of hydrogen-bond acceptors (Lipinski definition) is 7. The molecule has 2 fully saturated rings. The van der Waals surface area contributed by atoms with Crippen molar-refractivity contribution in [1.82, 2.24) is 19.5 Å². The Hall–Kier alpha value is -2.42. The van der Waals surface area contributed by atoms with Crippen LogP contribution in [0.25, 0.3) is 11.2 Å². The molecule has 3 aromatic rings. The third kappa shape index (κ3) is 4.67. The Morgan fingerprint density at radius 2 is 1.91 bits per heavy atom. The lowest BCUT2D eigenvalue weighted by Gasteiger charge is -2.30. The van der Waals surface area contributed by atoms with Gasteiger partial charge in [0.05, 0.1) is 6.20 Å². The van der Waals surface area contributed by atoms with Gasteiger partial charge in [-0.1, -0.05) is 17.7 Å². The monoisotopic (exact) mass is 455 g/mol. The fourth-order valence-corrected chi connectivity index (χ4v) is 4.94. The number of nitrogens with zero attached hydrogens (tertiary/aromatic N) is 4. The lowest BCUT2D eigenvalue weighted by Crippen LogP contribution is -2.28. The van der Waals surface area contributed by atoms with Crippen molar-refractivity contribution in [3.63, 3.8) is 0 Å². The molecule has 0 unspecified atom stereocenters. The summed E-state index contributed by atoms with van der Waals surface area (Å²) >= 11 is 6.21. The van der Waals surface area contributed by atoms with Gasteiger partial charge in [0.1, 0.15) is 5.52 Å². The van der Waals surface area contributed by atoms with Crippen molar-refractivity contribution >= 4 is 40.3 Å². The first-order valence-electron chi connectivity index (χ1n) is 11.5. The van der Waals surface area contributed by atoms with E-state index in [-0.39, 0.29) is 0 Å². The van der Waals surface area contributed by atoms with Gasteiger partial charge in [0.25, 0.3) is 0 Å². The largest absolute Gasteiger partial charge is 0.381 e. The molecule has 0 atom stereocenters. The Balaban J connectivity index is 1.49. The molecule has 4 N–H and O–H groups in total. The van der Waals surface area contributed by atoms with E-state index in [1.165, 1.54) is 0 Å². The van der Waals surface area contributed by atoms with Gasteiger partial charge in [-0.2, -0.15) is 4.98 Å². The molecule has 0 bridgehead atoms. The van der Waals surface area contributed by atoms with Crippen LogP contribution in [0.5, 0.6) is 0 Å². The maximum atomic E-state index is 6.21. The van der Waals surface area contributed by atoms with Gasteiger partial charge < -0.3 is 21.1 Å². The zero-order chi connectivity index (χ0) is 21.9. The zero-order valence-corrected chi connectivity index (χ0v) is 18.9. The van der Waals surface area contributed by atoms with Crippen molar-refractivity contribution in [2.75, 3.05) is 30.4 Å². The summed E-state index contributed by atoms with van der Waals surface area (Å²) in [6.07, 6.45) is 8.10. The normalized spacial score (nSPS) is 22.2. The van der Waals surface area contributed by atoms with Crippen LogP contribution in [0.3, 0.4) is 0 Å². The van der Waals surface area contributed by atoms with Gasteiger partial charge in [0, 0.05) is 36.0 Å². The predicted molar refractivity (Wildman–Crippen MR) is 128 cm³/mol. The Morgan fingerprint density at radius 3 is 2.66 bits per heavy atom. The molecule has 0 amide bonds. The number of rotatable bonds is 6. The van der Waals surface area contributed by atoms with Crippen LogP contribution in [-0.4, -0.2) is 45.3 Å². The fraction of sp³-hybridized carbons (Fsp3) is 0.522. The number of aromatic nitrogens is 4. The van der Waals surface area contributed by atoms with Gasteiger partial charge in [-0.25, -0.2) is 9.97 Å². The summed E-state index contributed by atoms with van der Waals surface area (Å²) in [6, 6.07) is 8.34. The summed E-state index contributed by atoms with van der Waals surface area (Å²) in [7, 11) is 0. The number of hydrogen-bond donors (Lipinski definition) is 3. The summed E-state index contributed by atoms with van der Waals surface area (Å²) in [5.41, 5.74) is 8.47. The molecule has 1 aliphatic carbocycles. The average Bonchev–Trinajstić information content (AvgIpc) is 3.17. The standard InChI is InChI=1S/C23H30ClN7O/c24-16-2-1-3-18(12-16)28-23-29-20-14-26-22(27-17-8-10-32-11-9-17)30-21(20)31(23)19-6-4-15(13-25)5-7-19/h1-3,12,14-15,17,19H,4-11,13,25H2,(H,28,29)(H,26,27,30). The van der Waals surface area contributed by atoms with E-state index in [0.717, 1.165) is 81.1 Å². The van der Waals surface area contributed by atoms with Crippen LogP contribution in [-0.2, 0) is 4.74 Å². The number of halogens is 1. The molecule has 0 radical (unpaired) electrons. The molecule has 1 saturated carbocycles. The molecule has 3 heterocycles. The van der Waals surface area contributed by atoms with Gasteiger partial charge in [-0.15, -0.1) is 0 Å². The third-order valence-electron chi connectivity index (χ3n) is 6.58. The number of nitrogens with two attached hydrogens (primary N) is 1. The number of benzene rings is 1. The van der Waals surface area contributed by atoms with Crippen LogP contribution >= 0.6 is 11.6 Å². The molecule has 32 heavy (non-hydrogen) atoms. The van der Waals surface area contributed by atoms with E-state index in [1.807, 2.05) is 30.5 Å². The maximum absolute atomic E-state index is 6.21. The minimum absolute atomic E-state index is 0.315. The molecular weight excluding hydrogens is 426 g/mol. The molecule has 1 aromatic carbocycles. The molecule has 9 heteroatoms. The number of fused-ring (bicyclic) bond motifs is 1. The number of imidazole rings is 1. The predicted octanol–water partition coefficient (Wildman–Crippen LogP) is 4.50. The molecule has 5 rings (SSSR count). The second-order valence-electron chi connectivity index (χ2n) is 8.78. The van der Waals surface area contributed by atoms with Crippen LogP contribution in [0.15, 0.2) is 30.5 Å². The van der Waals surface area contributed by atoms with E-state index in [1.54, 1.807) is 0 Å². The molecular formula is C23H30ClN7O. The highest BCUT2D eigenvalue weighted by Gasteiger charge is 2.27. The van der Waals surface area contributed by atoms with Gasteiger partial charge >= 0.3 is 0 Å². The highest BCUT2D eigenvalue weighted by atomic mass is 35.5. The highest BCUT2D eigenvalue weighted by Crippen LogP contribution is 2.37. The number of nitrogens with one attached hydrogen (secondary N) is 2. The Morgan fingerprint density at radius 1 is 1.09 bits per heavy atom. The second kappa shape index (κ2) is 9.60. The summed E-state index contributed by atoms with van der Waals surface area (Å²) in [5.74, 6) is 2.03. The van der Waals surface area contributed by atoms with Gasteiger partial charge in [-0.3, -0.25) is 4.57 Å². The summed E-state index contributed by atoms with van der Waals surface area (Å²) in [4.78, 5) is 14.3. The molecule has 0 spiro atoms. The van der Waals surface area contributed by atoms with Crippen LogP contribution in [0.1, 0.15) is 44.6 Å². The van der Waals surface area contributed by atoms with Crippen molar-refractivity contribution in [2.24, 2.45) is 11.7 Å². The van der Waals surface area contributed by atoms with Crippen LogP contribution < -0.4 is 16.4 Å². The van der Waals surface area contributed by atoms with Crippen molar-refractivity contribution in [3.8, 4) is 0 Å². The van der Waals surface area contributed by atoms with E-state index in [2.05, 4.69) is 20.2 Å². The van der Waals surface area contributed by atoms with E-state index in [9.17, 15) is 0 Å². The Kier molecular flexibility index (Phi) is 6.43. The first-order chi connectivity index (χ1) is 15.7. The SMILES string of the molecule is NCC1CCC(n2c(Nc3cccc(Cl)c3)nc3cnc(NC4CCOCC4)nc32)CC1. The van der Waals surface area contributed by atoms with Crippen molar-refractivity contribution in [2.45, 2.75) is 50.6 Å². The maximum Gasteiger partial charge on any atom is 0.224 e. The fourth-order valence-electron chi connectivity index (χ4n) is 4.75. The van der Waals surface area contributed by atoms with Crippen LogP contribution in [0.4, 0.5) is 17.6 Å². The summed E-state index contributed by atoms with van der Waals surface area (Å²) in [5, 5.41) is 7.64. The van der Waals surface area contributed by atoms with Gasteiger partial charge in [0.2, 0.25) is 11.9 Å². The zero-order valence-electron chi connectivity index (χ0n) is 18.1. The number of anilines is 3. The lowest BCUT2D eigenvalue weighted by molar-refractivity contribution is 0.0903. The molecule has 1 aliphatic heterocycles. The quantitative estimate of drug-likeness (QED) is 0.502. The molecule has 8 nitrogen and oxygen atoms in total. The van der Waals surface area contributed by atoms with Crippen LogP contribution in [0, 0.1) is 5.92 Å². The summed E-state index contributed by atoms with van der Waals surface area (Å²) in [6.45, 7) is 2.30. The van der Waals surface area contributed by atoms with E-state index in [4.69, 9.17) is 32.0 Å². The van der Waals surface area contributed by atoms with Crippen molar-refractivity contribution < 1.29 is 4.74 Å². The summed E-state index contributed by atoms with van der Waals surface area (Å²) < 4.78 is 7.72. The first kappa shape index (κ1) is 21.4. The van der Waals surface area contributed by atoms with Crippen LogP contribution in [0.2, 0.25) is 5.02 Å². The van der Waals surface area contributed by atoms with E-state index < -0.39 is 0 Å². The molecule has 2 aromatic heterocycles. The highest BCUT2D eigenvalue weighted by molar-refractivity contribution is 6.30. The smallest absolute Gasteiger partial charge is 0.224 e. The third-order valence-corrected chi connectivity index (χ3v) is 6.82. The van der Waals surface area contributed by atoms with Crippen molar-refractivity contribution in [3.05, 3.63) is 35.5 Å². The number of ether oxygens (including phenoxy) is 1. The van der Waals surface area contributed by atoms with Crippen molar-refractivity contribution in [1.29, 1.82) is 0 Å². The lowest BCUT2D eigenvalue weighted by atomic mass is 9.86. The minimum atomic E-state index is 0.315. The molecule has 1 saturated heterocycles. The topological polar surface area (TPSA) is 103 Å². The Labute approximate surface area is 192 Å². The van der Waals surface area contributed by atoms with E-state index in [0.29, 0.717) is 29.0 Å². The minimum Gasteiger partial charge on any atom is -0.381 e. The van der Waals surface area contributed by atoms with Gasteiger partial charge in [0.15, 0.2) is 5.65 Å². The Bertz CT molecular complexity index is 1060. The average molecular weight is 456 g/mol. The molecule has 170 valence electrons. The van der Waals surface area contributed by atoms with Gasteiger partial charge in [-0.05, 0) is 69.2 Å². The van der Waals surface area contributed by atoms with E-state index >= 15 is 0 Å². The second-order valence-corrected chi connectivity index (χ2v) is 9.22. The first-order valence-corrected chi connectivity index (χ1v) is 11.9. The molecule has 2 aliphatic rings.